The fourth-order valence-electron chi connectivity index (χ4n) is 1.64. The number of nitrogens with one attached hydrogen (secondary N) is 3. The number of carboxylic acids is 1. The second-order valence-electron chi connectivity index (χ2n) is 4.28. The summed E-state index contributed by atoms with van der Waals surface area (Å²) in [6.45, 7) is 2.20. The van der Waals surface area contributed by atoms with E-state index in [4.69, 9.17) is 5.11 Å². The quantitative estimate of drug-likeness (QED) is 0.638. The molecule has 2 amide bonds. The highest BCUT2D eigenvalue weighted by atomic mass is 32.1. The first kappa shape index (κ1) is 15.0. The molecular weight excluding hydrogens is 294 g/mol. The van der Waals surface area contributed by atoms with Crippen LogP contribution in [0.2, 0.25) is 0 Å². The molecule has 0 aromatic carbocycles. The molecule has 2 aromatic rings. The molecule has 0 spiro atoms. The Kier molecular flexibility index (Phi) is 4.88. The summed E-state index contributed by atoms with van der Waals surface area (Å²) in [5.74, 6) is -0.369. The number of H-pyrrole nitrogens is 1. The summed E-state index contributed by atoms with van der Waals surface area (Å²) in [5, 5.41) is 16.3. The van der Waals surface area contributed by atoms with E-state index in [2.05, 4.69) is 25.6 Å². The minimum atomic E-state index is -1.05. The van der Waals surface area contributed by atoms with Gasteiger partial charge in [0.15, 0.2) is 5.69 Å². The van der Waals surface area contributed by atoms with Crippen molar-refractivity contribution in [2.45, 2.75) is 19.4 Å². The third kappa shape index (κ3) is 4.28. The number of amides is 2. The van der Waals surface area contributed by atoms with Gasteiger partial charge in [0.25, 0.3) is 0 Å². The number of hydrogen-bond acceptors (Lipinski definition) is 5. The van der Waals surface area contributed by atoms with Gasteiger partial charge in [0, 0.05) is 30.7 Å². The highest BCUT2D eigenvalue weighted by molar-refractivity contribution is 7.09. The topological polar surface area (TPSA) is 120 Å². The second-order valence-corrected chi connectivity index (χ2v) is 5.22. The Morgan fingerprint density at radius 1 is 1.52 bits per heavy atom. The van der Waals surface area contributed by atoms with Crippen LogP contribution in [0.15, 0.2) is 17.8 Å². The highest BCUT2D eigenvalue weighted by Crippen LogP contribution is 2.10. The van der Waals surface area contributed by atoms with Crippen molar-refractivity contribution < 1.29 is 14.7 Å². The van der Waals surface area contributed by atoms with Crippen molar-refractivity contribution in [1.29, 1.82) is 0 Å². The molecule has 0 bridgehead atoms. The van der Waals surface area contributed by atoms with E-state index in [-0.39, 0.29) is 17.8 Å². The summed E-state index contributed by atoms with van der Waals surface area (Å²) in [6.07, 6.45) is 3.79. The van der Waals surface area contributed by atoms with Gasteiger partial charge in [-0.25, -0.2) is 19.6 Å². The van der Waals surface area contributed by atoms with Crippen molar-refractivity contribution in [1.82, 2.24) is 25.6 Å². The van der Waals surface area contributed by atoms with Crippen molar-refractivity contribution in [3.63, 3.8) is 0 Å². The van der Waals surface area contributed by atoms with Crippen molar-refractivity contribution in [3.05, 3.63) is 34.3 Å². The highest BCUT2D eigenvalue weighted by Gasteiger charge is 2.11. The van der Waals surface area contributed by atoms with Gasteiger partial charge in [-0.15, -0.1) is 11.3 Å². The van der Waals surface area contributed by atoms with Gasteiger partial charge < -0.3 is 20.7 Å². The summed E-state index contributed by atoms with van der Waals surface area (Å²) < 4.78 is 0. The zero-order valence-corrected chi connectivity index (χ0v) is 12.1. The number of aromatic amines is 1. The third-order valence-corrected chi connectivity index (χ3v) is 3.58. The maximum Gasteiger partial charge on any atom is 0.355 e. The molecule has 2 heterocycles. The van der Waals surface area contributed by atoms with Crippen molar-refractivity contribution >= 4 is 23.3 Å². The number of hydrogen-bond donors (Lipinski definition) is 4. The van der Waals surface area contributed by atoms with Gasteiger partial charge in [0.2, 0.25) is 0 Å². The zero-order chi connectivity index (χ0) is 15.2. The first-order chi connectivity index (χ1) is 10.1. The van der Waals surface area contributed by atoms with Crippen LogP contribution in [-0.4, -0.2) is 38.6 Å². The van der Waals surface area contributed by atoms with Crippen molar-refractivity contribution in [2.75, 3.05) is 6.54 Å². The lowest BCUT2D eigenvalue weighted by atomic mass is 10.3. The average Bonchev–Trinajstić information content (AvgIpc) is 3.10. The smallest absolute Gasteiger partial charge is 0.355 e. The molecular formula is C12H15N5O3S. The molecule has 1 atom stereocenters. The van der Waals surface area contributed by atoms with E-state index in [0.717, 1.165) is 0 Å². The van der Waals surface area contributed by atoms with Crippen LogP contribution in [0.25, 0.3) is 0 Å². The molecule has 2 rings (SSSR count). The van der Waals surface area contributed by atoms with Crippen LogP contribution in [0.5, 0.6) is 0 Å². The summed E-state index contributed by atoms with van der Waals surface area (Å²) in [5.41, 5.74) is 0.0332. The van der Waals surface area contributed by atoms with Gasteiger partial charge in [-0.2, -0.15) is 0 Å². The average molecular weight is 309 g/mol. The molecule has 0 fully saturated rings. The van der Waals surface area contributed by atoms with Crippen LogP contribution in [0.1, 0.15) is 34.3 Å². The van der Waals surface area contributed by atoms with Gasteiger partial charge in [-0.1, -0.05) is 0 Å². The molecule has 4 N–H and O–H groups in total. The number of carbonyl (C=O) groups is 2. The lowest BCUT2D eigenvalue weighted by molar-refractivity contribution is 0.0691. The minimum Gasteiger partial charge on any atom is -0.476 e. The largest absolute Gasteiger partial charge is 0.476 e. The third-order valence-electron chi connectivity index (χ3n) is 2.67. The maximum absolute atomic E-state index is 11.7. The molecule has 1 unspecified atom stereocenters. The monoisotopic (exact) mass is 309 g/mol. The van der Waals surface area contributed by atoms with Crippen LogP contribution in [-0.2, 0) is 6.42 Å². The number of carbonyl (C=O) groups excluding carboxylic acids is 1. The first-order valence-electron chi connectivity index (χ1n) is 6.27. The predicted octanol–water partition coefficient (Wildman–Crippen LogP) is 1.17. The van der Waals surface area contributed by atoms with Crippen LogP contribution < -0.4 is 10.6 Å². The Morgan fingerprint density at radius 2 is 2.33 bits per heavy atom. The van der Waals surface area contributed by atoms with E-state index in [0.29, 0.717) is 23.8 Å². The van der Waals surface area contributed by atoms with Crippen LogP contribution in [0.4, 0.5) is 4.79 Å². The normalized spacial score (nSPS) is 11.9. The number of carboxylic acid groups (broad SMARTS) is 1. The molecule has 9 heteroatoms. The Hall–Kier alpha value is -2.42. The minimum absolute atomic E-state index is 0.0332. The van der Waals surface area contributed by atoms with Crippen LogP contribution in [0.3, 0.4) is 0 Å². The maximum atomic E-state index is 11.7. The second kappa shape index (κ2) is 6.84. The first-order valence-corrected chi connectivity index (χ1v) is 7.15. The fourth-order valence-corrected chi connectivity index (χ4v) is 2.41. The molecule has 21 heavy (non-hydrogen) atoms. The summed E-state index contributed by atoms with van der Waals surface area (Å²) in [4.78, 5) is 33.3. The van der Waals surface area contributed by atoms with Gasteiger partial charge in [0.05, 0.1) is 11.0 Å². The summed E-state index contributed by atoms with van der Waals surface area (Å²) >= 11 is 1.26. The SMILES string of the molecule is CC(NC(=O)NCCc1nc(C(=O)O)cs1)c1ncc[nH]1. The molecule has 0 saturated heterocycles. The van der Waals surface area contributed by atoms with Crippen molar-refractivity contribution in [2.24, 2.45) is 0 Å². The van der Waals surface area contributed by atoms with Gasteiger partial charge in [-0.3, -0.25) is 0 Å². The Balaban J connectivity index is 1.72. The molecule has 0 aliphatic heterocycles. The summed E-state index contributed by atoms with van der Waals surface area (Å²) in [6, 6.07) is -0.535. The van der Waals surface area contributed by atoms with E-state index >= 15 is 0 Å². The molecule has 0 aliphatic carbocycles. The zero-order valence-electron chi connectivity index (χ0n) is 11.3. The number of aromatic carboxylic acids is 1. The molecule has 8 nitrogen and oxygen atoms in total. The van der Waals surface area contributed by atoms with E-state index in [1.807, 2.05) is 6.92 Å². The van der Waals surface area contributed by atoms with E-state index in [1.165, 1.54) is 16.7 Å². The molecule has 112 valence electrons. The molecule has 0 aliphatic rings. The van der Waals surface area contributed by atoms with Crippen LogP contribution in [0, 0.1) is 0 Å². The molecule has 0 radical (unpaired) electrons. The number of thiazole rings is 1. The lowest BCUT2D eigenvalue weighted by Crippen LogP contribution is -2.38. The Morgan fingerprint density at radius 3 is 2.95 bits per heavy atom. The molecule has 0 saturated carbocycles. The van der Waals surface area contributed by atoms with Gasteiger partial charge in [0.1, 0.15) is 5.82 Å². The number of nitrogens with zero attached hydrogens (tertiary/aromatic N) is 2. The van der Waals surface area contributed by atoms with E-state index < -0.39 is 5.97 Å². The number of rotatable bonds is 6. The van der Waals surface area contributed by atoms with Crippen molar-refractivity contribution in [3.8, 4) is 0 Å². The number of aromatic nitrogens is 3. The van der Waals surface area contributed by atoms with Gasteiger partial charge in [-0.05, 0) is 6.92 Å². The number of imidazole rings is 1. The predicted molar refractivity (Wildman–Crippen MR) is 76.3 cm³/mol. The number of urea groups is 1. The lowest BCUT2D eigenvalue weighted by Gasteiger charge is -2.12. The van der Waals surface area contributed by atoms with Gasteiger partial charge >= 0.3 is 12.0 Å². The van der Waals surface area contributed by atoms with E-state index in [9.17, 15) is 9.59 Å². The molecule has 2 aromatic heterocycles. The Labute approximate surface area is 124 Å². The fraction of sp³-hybridized carbons (Fsp3) is 0.333. The Bertz CT molecular complexity index is 610. The standard InChI is InChI=1S/C12H15N5O3S/c1-7(10-13-4-5-14-10)16-12(20)15-3-2-9-17-8(6-21-9)11(18)19/h4-7H,2-3H2,1H3,(H,13,14)(H,18,19)(H2,15,16,20). The summed E-state index contributed by atoms with van der Waals surface area (Å²) in [7, 11) is 0. The van der Waals surface area contributed by atoms with E-state index in [1.54, 1.807) is 12.4 Å². The van der Waals surface area contributed by atoms with Crippen LogP contribution >= 0.6 is 11.3 Å².